The summed E-state index contributed by atoms with van der Waals surface area (Å²) in [5, 5.41) is 11.7. The second-order valence-corrected chi connectivity index (χ2v) is 2.72. The van der Waals surface area contributed by atoms with E-state index in [9.17, 15) is 4.39 Å². The van der Waals surface area contributed by atoms with Crippen LogP contribution in [0.4, 0.5) is 4.39 Å². The van der Waals surface area contributed by atoms with Gasteiger partial charge in [-0.1, -0.05) is 17.3 Å². The maximum absolute atomic E-state index is 11.9. The van der Waals surface area contributed by atoms with Crippen LogP contribution in [0.3, 0.4) is 0 Å². The highest BCUT2D eigenvalue weighted by Gasteiger charge is 2.05. The summed E-state index contributed by atoms with van der Waals surface area (Å²) in [6.07, 6.45) is 0. The fraction of sp³-hybridized carbons (Fsp3) is 0.300. The van der Waals surface area contributed by atoms with E-state index in [4.69, 9.17) is 9.94 Å². The zero-order valence-electron chi connectivity index (χ0n) is 7.90. The van der Waals surface area contributed by atoms with E-state index in [1.165, 1.54) is 0 Å². The molecule has 0 amide bonds. The molecule has 0 atom stereocenters. The Morgan fingerprint density at radius 1 is 1.50 bits per heavy atom. The summed E-state index contributed by atoms with van der Waals surface area (Å²) in [5.41, 5.74) is 1.11. The van der Waals surface area contributed by atoms with E-state index < -0.39 is 6.67 Å². The lowest BCUT2D eigenvalue weighted by atomic mass is 10.1. The number of oxime groups is 1. The Bertz CT molecular complexity index is 326. The van der Waals surface area contributed by atoms with Gasteiger partial charge in [0.1, 0.15) is 19.0 Å². The van der Waals surface area contributed by atoms with Crippen LogP contribution in [0.15, 0.2) is 29.4 Å². The van der Waals surface area contributed by atoms with Gasteiger partial charge >= 0.3 is 0 Å². The lowest BCUT2D eigenvalue weighted by Crippen LogP contribution is -2.04. The Morgan fingerprint density at radius 2 is 2.21 bits per heavy atom. The number of nitrogens with zero attached hydrogens (tertiary/aromatic N) is 1. The Kier molecular flexibility index (Phi) is 3.91. The minimum atomic E-state index is -0.538. The number of hydrogen-bond acceptors (Lipinski definition) is 3. The van der Waals surface area contributed by atoms with Crippen LogP contribution in [0.1, 0.15) is 12.5 Å². The Balaban J connectivity index is 2.91. The van der Waals surface area contributed by atoms with Gasteiger partial charge in [0.15, 0.2) is 0 Å². The largest absolute Gasteiger partial charge is 0.490 e. The number of hydrogen-bond donors (Lipinski definition) is 1. The van der Waals surface area contributed by atoms with E-state index in [0.717, 1.165) is 0 Å². The van der Waals surface area contributed by atoms with Crippen molar-refractivity contribution in [3.05, 3.63) is 29.8 Å². The second kappa shape index (κ2) is 5.21. The first-order chi connectivity index (χ1) is 6.79. The topological polar surface area (TPSA) is 41.8 Å². The average Bonchev–Trinajstić information content (AvgIpc) is 2.25. The van der Waals surface area contributed by atoms with E-state index in [1.54, 1.807) is 31.2 Å². The highest BCUT2D eigenvalue weighted by Crippen LogP contribution is 2.18. The van der Waals surface area contributed by atoms with Crippen LogP contribution in [0.25, 0.3) is 0 Å². The molecule has 0 aliphatic heterocycles. The molecule has 0 aliphatic rings. The average molecular weight is 197 g/mol. The van der Waals surface area contributed by atoms with Gasteiger partial charge in [-0.05, 0) is 19.1 Å². The molecule has 4 heteroatoms. The van der Waals surface area contributed by atoms with Gasteiger partial charge in [-0.15, -0.1) is 0 Å². The number of halogens is 1. The first-order valence-electron chi connectivity index (χ1n) is 4.26. The highest BCUT2D eigenvalue weighted by atomic mass is 19.1. The molecular formula is C10H12FNO2. The van der Waals surface area contributed by atoms with Crippen LogP contribution in [-0.4, -0.2) is 24.2 Å². The fourth-order valence-corrected chi connectivity index (χ4v) is 1.09. The molecule has 1 N–H and O–H groups in total. The van der Waals surface area contributed by atoms with E-state index in [1.807, 2.05) is 0 Å². The van der Waals surface area contributed by atoms with Gasteiger partial charge in [0.2, 0.25) is 0 Å². The Labute approximate surface area is 81.8 Å². The van der Waals surface area contributed by atoms with Gasteiger partial charge < -0.3 is 9.94 Å². The zero-order valence-corrected chi connectivity index (χ0v) is 7.90. The second-order valence-electron chi connectivity index (χ2n) is 2.72. The molecule has 0 unspecified atom stereocenters. The maximum Gasteiger partial charge on any atom is 0.128 e. The number of benzene rings is 1. The quantitative estimate of drug-likeness (QED) is 0.457. The summed E-state index contributed by atoms with van der Waals surface area (Å²) in [5.74, 6) is 0.528. The molecule has 0 saturated heterocycles. The first kappa shape index (κ1) is 10.5. The molecule has 76 valence electrons. The normalized spacial score (nSPS) is 11.4. The van der Waals surface area contributed by atoms with Crippen LogP contribution in [-0.2, 0) is 0 Å². The van der Waals surface area contributed by atoms with Gasteiger partial charge in [-0.25, -0.2) is 4.39 Å². The zero-order chi connectivity index (χ0) is 10.4. The van der Waals surface area contributed by atoms with E-state index >= 15 is 0 Å². The third-order valence-electron chi connectivity index (χ3n) is 1.76. The third kappa shape index (κ3) is 2.45. The van der Waals surface area contributed by atoms with Crippen molar-refractivity contribution in [3.8, 4) is 5.75 Å². The van der Waals surface area contributed by atoms with Crippen molar-refractivity contribution in [2.75, 3.05) is 13.3 Å². The van der Waals surface area contributed by atoms with Crippen molar-refractivity contribution >= 4 is 5.71 Å². The molecule has 0 radical (unpaired) electrons. The standard InChI is InChI=1S/C10H12FNO2/c1-8(12-13)9-4-2-3-5-10(9)14-7-6-11/h2-5,13H,6-7H2,1H3/b12-8-. The van der Waals surface area contributed by atoms with Crippen molar-refractivity contribution in [2.24, 2.45) is 5.16 Å². The summed E-state index contributed by atoms with van der Waals surface area (Å²) in [6.45, 7) is 1.12. The summed E-state index contributed by atoms with van der Waals surface area (Å²) in [6, 6.07) is 7.04. The number of para-hydroxylation sites is 1. The van der Waals surface area contributed by atoms with Crippen LogP contribution in [0.2, 0.25) is 0 Å². The van der Waals surface area contributed by atoms with Crippen molar-refractivity contribution in [1.29, 1.82) is 0 Å². The Hall–Kier alpha value is -1.58. The molecule has 1 rings (SSSR count). The number of ether oxygens (including phenoxy) is 1. The van der Waals surface area contributed by atoms with Gasteiger partial charge in [0.25, 0.3) is 0 Å². The Morgan fingerprint density at radius 3 is 2.86 bits per heavy atom. The fourth-order valence-electron chi connectivity index (χ4n) is 1.09. The third-order valence-corrected chi connectivity index (χ3v) is 1.76. The predicted molar refractivity (Wildman–Crippen MR) is 51.9 cm³/mol. The monoisotopic (exact) mass is 197 g/mol. The predicted octanol–water partition coefficient (Wildman–Crippen LogP) is 2.23. The number of rotatable bonds is 4. The molecule has 0 heterocycles. The molecule has 0 bridgehead atoms. The van der Waals surface area contributed by atoms with Gasteiger partial charge in [0.05, 0.1) is 5.71 Å². The molecule has 0 saturated carbocycles. The lowest BCUT2D eigenvalue weighted by Gasteiger charge is -2.08. The minimum Gasteiger partial charge on any atom is -0.490 e. The summed E-state index contributed by atoms with van der Waals surface area (Å²) >= 11 is 0. The van der Waals surface area contributed by atoms with E-state index in [0.29, 0.717) is 17.0 Å². The minimum absolute atomic E-state index is 0.00964. The molecule has 0 fully saturated rings. The van der Waals surface area contributed by atoms with Crippen LogP contribution in [0, 0.1) is 0 Å². The molecule has 0 aliphatic carbocycles. The maximum atomic E-state index is 11.9. The van der Waals surface area contributed by atoms with E-state index in [2.05, 4.69) is 5.16 Å². The molecular weight excluding hydrogens is 185 g/mol. The van der Waals surface area contributed by atoms with Crippen molar-refractivity contribution in [1.82, 2.24) is 0 Å². The molecule has 14 heavy (non-hydrogen) atoms. The first-order valence-corrected chi connectivity index (χ1v) is 4.26. The molecule has 1 aromatic rings. The van der Waals surface area contributed by atoms with Crippen molar-refractivity contribution in [3.63, 3.8) is 0 Å². The van der Waals surface area contributed by atoms with Gasteiger partial charge in [-0.3, -0.25) is 0 Å². The van der Waals surface area contributed by atoms with Gasteiger partial charge in [0, 0.05) is 5.56 Å². The molecule has 3 nitrogen and oxygen atoms in total. The van der Waals surface area contributed by atoms with Crippen molar-refractivity contribution in [2.45, 2.75) is 6.92 Å². The van der Waals surface area contributed by atoms with Crippen LogP contribution < -0.4 is 4.74 Å². The molecule has 0 spiro atoms. The highest BCUT2D eigenvalue weighted by molar-refractivity contribution is 6.00. The summed E-state index contributed by atoms with van der Waals surface area (Å²) < 4.78 is 17.0. The van der Waals surface area contributed by atoms with Crippen LogP contribution in [0.5, 0.6) is 5.75 Å². The van der Waals surface area contributed by atoms with Crippen molar-refractivity contribution < 1.29 is 14.3 Å². The summed E-state index contributed by atoms with van der Waals surface area (Å²) in [4.78, 5) is 0. The number of alkyl halides is 1. The smallest absolute Gasteiger partial charge is 0.128 e. The van der Waals surface area contributed by atoms with Crippen LogP contribution >= 0.6 is 0 Å². The van der Waals surface area contributed by atoms with E-state index in [-0.39, 0.29) is 6.61 Å². The SMILES string of the molecule is C/C(=N/O)c1ccccc1OCCF. The van der Waals surface area contributed by atoms with Gasteiger partial charge in [-0.2, -0.15) is 0 Å². The lowest BCUT2D eigenvalue weighted by molar-refractivity contribution is 0.272. The molecule has 0 aromatic heterocycles. The summed E-state index contributed by atoms with van der Waals surface area (Å²) in [7, 11) is 0. The molecule has 1 aromatic carbocycles.